The fourth-order valence-electron chi connectivity index (χ4n) is 1.55. The minimum atomic E-state index is -3.79. The number of hydrogen-bond acceptors (Lipinski definition) is 3. The molecule has 1 amide bonds. The number of anilines is 1. The average Bonchev–Trinajstić information content (AvgIpc) is 2.21. The Morgan fingerprint density at radius 2 is 1.84 bits per heavy atom. The summed E-state index contributed by atoms with van der Waals surface area (Å²) in [5.74, 6) is -0.297. The van der Waals surface area contributed by atoms with Crippen LogP contribution >= 0.6 is 0 Å². The first-order valence-corrected chi connectivity index (χ1v) is 7.26. The van der Waals surface area contributed by atoms with Gasteiger partial charge in [0.25, 0.3) is 0 Å². The van der Waals surface area contributed by atoms with E-state index in [1.165, 1.54) is 18.2 Å². The third kappa shape index (κ3) is 4.18. The molecule has 0 bridgehead atoms. The topological polar surface area (TPSA) is 89.3 Å². The molecule has 1 rings (SSSR count). The minimum Gasteiger partial charge on any atom is -0.322 e. The molecule has 0 aliphatic heterocycles. The molecule has 104 valence electrons. The number of aryl methyl sites for hydroxylation is 1. The van der Waals surface area contributed by atoms with E-state index in [1.54, 1.807) is 27.7 Å². The molecule has 6 heteroatoms. The second-order valence-corrected chi connectivity index (χ2v) is 6.23. The fraction of sp³-hybridized carbons (Fsp3) is 0.308. The van der Waals surface area contributed by atoms with Gasteiger partial charge in [-0.15, -0.1) is 0 Å². The van der Waals surface area contributed by atoms with E-state index in [1.807, 2.05) is 0 Å². The summed E-state index contributed by atoms with van der Waals surface area (Å²) in [4.78, 5) is 11.7. The van der Waals surface area contributed by atoms with Crippen molar-refractivity contribution in [1.82, 2.24) is 0 Å². The summed E-state index contributed by atoms with van der Waals surface area (Å²) in [6.45, 7) is 7.18. The molecule has 0 aliphatic carbocycles. The maximum absolute atomic E-state index is 11.7. The van der Waals surface area contributed by atoms with Crippen molar-refractivity contribution in [2.75, 3.05) is 5.32 Å². The Hall–Kier alpha value is -1.66. The second kappa shape index (κ2) is 5.54. The van der Waals surface area contributed by atoms with Crippen molar-refractivity contribution >= 4 is 21.6 Å². The monoisotopic (exact) mass is 282 g/mol. The molecule has 0 saturated heterocycles. The summed E-state index contributed by atoms with van der Waals surface area (Å²) >= 11 is 0. The smallest absolute Gasteiger partial charge is 0.248 e. The van der Waals surface area contributed by atoms with Crippen LogP contribution in [0.4, 0.5) is 5.69 Å². The second-order valence-electron chi connectivity index (χ2n) is 4.67. The highest BCUT2D eigenvalue weighted by Crippen LogP contribution is 2.23. The summed E-state index contributed by atoms with van der Waals surface area (Å²) in [6.07, 6.45) is 1.44. The van der Waals surface area contributed by atoms with Crippen LogP contribution in [0.3, 0.4) is 0 Å². The van der Waals surface area contributed by atoms with Crippen LogP contribution in [0.15, 0.2) is 28.7 Å². The van der Waals surface area contributed by atoms with Crippen LogP contribution < -0.4 is 10.5 Å². The molecule has 0 heterocycles. The van der Waals surface area contributed by atoms with Gasteiger partial charge in [-0.2, -0.15) is 0 Å². The Kier molecular flexibility index (Phi) is 4.49. The van der Waals surface area contributed by atoms with Gasteiger partial charge in [-0.1, -0.05) is 5.57 Å². The Bertz CT molecular complexity index is 642. The van der Waals surface area contributed by atoms with Crippen LogP contribution in [0, 0.1) is 13.8 Å². The Morgan fingerprint density at radius 1 is 1.26 bits per heavy atom. The Labute approximate surface area is 113 Å². The standard InChI is InChI=1S/C13H18N2O3S/c1-8(2)5-13(16)15-12-7-11(19(14,17)18)6-9(3)10(12)4/h5-7H,1-4H3,(H,15,16)(H2,14,17,18). The number of amides is 1. The van der Waals surface area contributed by atoms with Crippen molar-refractivity contribution in [3.63, 3.8) is 0 Å². The van der Waals surface area contributed by atoms with Gasteiger partial charge >= 0.3 is 0 Å². The number of nitrogens with two attached hydrogens (primary N) is 1. The molecule has 0 fully saturated rings. The number of allylic oxidation sites excluding steroid dienone is 1. The van der Waals surface area contributed by atoms with Gasteiger partial charge in [0.15, 0.2) is 0 Å². The fourth-order valence-corrected chi connectivity index (χ4v) is 2.17. The molecular formula is C13H18N2O3S. The maximum atomic E-state index is 11.7. The number of benzene rings is 1. The van der Waals surface area contributed by atoms with Crippen LogP contribution in [0.25, 0.3) is 0 Å². The molecule has 1 aromatic rings. The van der Waals surface area contributed by atoms with Crippen molar-refractivity contribution in [2.45, 2.75) is 32.6 Å². The molecule has 0 spiro atoms. The van der Waals surface area contributed by atoms with Crippen LogP contribution in [0.5, 0.6) is 0 Å². The van der Waals surface area contributed by atoms with E-state index in [0.717, 1.165) is 16.7 Å². The van der Waals surface area contributed by atoms with Gasteiger partial charge in [0, 0.05) is 11.8 Å². The maximum Gasteiger partial charge on any atom is 0.248 e. The lowest BCUT2D eigenvalue weighted by Gasteiger charge is -2.11. The zero-order valence-electron chi connectivity index (χ0n) is 11.4. The van der Waals surface area contributed by atoms with Crippen LogP contribution in [0.2, 0.25) is 0 Å². The molecule has 19 heavy (non-hydrogen) atoms. The lowest BCUT2D eigenvalue weighted by Crippen LogP contribution is -2.15. The number of sulfonamides is 1. The summed E-state index contributed by atoms with van der Waals surface area (Å²) in [7, 11) is -3.79. The quantitative estimate of drug-likeness (QED) is 0.829. The lowest BCUT2D eigenvalue weighted by molar-refractivity contribution is -0.111. The highest BCUT2D eigenvalue weighted by atomic mass is 32.2. The minimum absolute atomic E-state index is 0.0110. The van der Waals surface area contributed by atoms with E-state index in [-0.39, 0.29) is 10.8 Å². The van der Waals surface area contributed by atoms with Crippen molar-refractivity contribution in [2.24, 2.45) is 5.14 Å². The summed E-state index contributed by atoms with van der Waals surface area (Å²) < 4.78 is 22.7. The number of carbonyl (C=O) groups is 1. The number of hydrogen-bond donors (Lipinski definition) is 2. The van der Waals surface area contributed by atoms with Crippen LogP contribution in [-0.2, 0) is 14.8 Å². The van der Waals surface area contributed by atoms with Gasteiger partial charge in [0.05, 0.1) is 4.90 Å². The molecule has 0 saturated carbocycles. The largest absolute Gasteiger partial charge is 0.322 e. The molecular weight excluding hydrogens is 264 g/mol. The van der Waals surface area contributed by atoms with Gasteiger partial charge in [0.1, 0.15) is 0 Å². The van der Waals surface area contributed by atoms with E-state index in [9.17, 15) is 13.2 Å². The predicted octanol–water partition coefficient (Wildman–Crippen LogP) is 1.86. The van der Waals surface area contributed by atoms with E-state index in [2.05, 4.69) is 5.32 Å². The van der Waals surface area contributed by atoms with Crippen molar-refractivity contribution in [1.29, 1.82) is 0 Å². The summed E-state index contributed by atoms with van der Waals surface area (Å²) in [5.41, 5.74) is 2.86. The molecule has 0 atom stereocenters. The van der Waals surface area contributed by atoms with E-state index in [4.69, 9.17) is 5.14 Å². The van der Waals surface area contributed by atoms with Gasteiger partial charge in [-0.3, -0.25) is 4.79 Å². The Morgan fingerprint density at radius 3 is 2.32 bits per heavy atom. The first kappa shape index (κ1) is 15.4. The molecule has 3 N–H and O–H groups in total. The zero-order chi connectivity index (χ0) is 14.8. The van der Waals surface area contributed by atoms with Crippen molar-refractivity contribution < 1.29 is 13.2 Å². The van der Waals surface area contributed by atoms with E-state index < -0.39 is 10.0 Å². The third-order valence-electron chi connectivity index (χ3n) is 2.65. The first-order chi connectivity index (χ1) is 8.61. The molecule has 0 radical (unpaired) electrons. The van der Waals surface area contributed by atoms with Crippen LogP contribution in [0.1, 0.15) is 25.0 Å². The summed E-state index contributed by atoms with van der Waals surface area (Å²) in [5, 5.41) is 7.76. The summed E-state index contributed by atoms with van der Waals surface area (Å²) in [6, 6.07) is 2.86. The molecule has 0 aromatic heterocycles. The van der Waals surface area contributed by atoms with Gasteiger partial charge in [0.2, 0.25) is 15.9 Å². The number of nitrogens with one attached hydrogen (secondary N) is 1. The highest BCUT2D eigenvalue weighted by molar-refractivity contribution is 7.89. The highest BCUT2D eigenvalue weighted by Gasteiger charge is 2.13. The number of rotatable bonds is 3. The van der Waals surface area contributed by atoms with Crippen LogP contribution in [-0.4, -0.2) is 14.3 Å². The number of primary sulfonamides is 1. The van der Waals surface area contributed by atoms with Crippen molar-refractivity contribution in [3.8, 4) is 0 Å². The third-order valence-corrected chi connectivity index (χ3v) is 3.54. The molecule has 0 aliphatic rings. The first-order valence-electron chi connectivity index (χ1n) is 5.71. The van der Waals surface area contributed by atoms with Gasteiger partial charge < -0.3 is 5.32 Å². The van der Waals surface area contributed by atoms with E-state index in [0.29, 0.717) is 5.69 Å². The SMILES string of the molecule is CC(C)=CC(=O)Nc1cc(S(N)(=O)=O)cc(C)c1C. The van der Waals surface area contributed by atoms with Gasteiger partial charge in [-0.25, -0.2) is 13.6 Å². The molecule has 1 aromatic carbocycles. The average molecular weight is 282 g/mol. The Balaban J connectivity index is 3.25. The lowest BCUT2D eigenvalue weighted by atomic mass is 10.1. The van der Waals surface area contributed by atoms with Crippen molar-refractivity contribution in [3.05, 3.63) is 34.9 Å². The predicted molar refractivity (Wildman–Crippen MR) is 75.3 cm³/mol. The normalized spacial score (nSPS) is 11.0. The molecule has 0 unspecified atom stereocenters. The zero-order valence-corrected chi connectivity index (χ0v) is 12.3. The van der Waals surface area contributed by atoms with E-state index >= 15 is 0 Å². The number of carbonyl (C=O) groups excluding carboxylic acids is 1. The molecule has 5 nitrogen and oxygen atoms in total. The van der Waals surface area contributed by atoms with Gasteiger partial charge in [-0.05, 0) is 51.0 Å².